The molecule has 0 saturated carbocycles. The number of esters is 8. The highest BCUT2D eigenvalue weighted by atomic mass is 16.7. The Morgan fingerprint density at radius 1 is 0.295 bits per heavy atom. The van der Waals surface area contributed by atoms with Gasteiger partial charge in [0.1, 0.15) is 31.0 Å². The van der Waals surface area contributed by atoms with Crippen molar-refractivity contribution in [3.05, 3.63) is 99.1 Å². The van der Waals surface area contributed by atoms with Gasteiger partial charge in [0.15, 0.2) is 147 Å². The molecule has 25 N–H and O–H groups in total. The van der Waals surface area contributed by atoms with Crippen molar-refractivity contribution in [2.24, 2.45) is 0 Å². The molecule has 112 heavy (non-hydrogen) atoms. The highest BCUT2D eigenvalue weighted by Crippen LogP contribution is 2.59. The Balaban J connectivity index is 0.884. The normalized spacial score (nSPS) is 21.3. The van der Waals surface area contributed by atoms with Crippen LogP contribution in [0.25, 0.3) is 33.4 Å². The van der Waals surface area contributed by atoms with Crippen LogP contribution in [0.4, 0.5) is 0 Å². The van der Waals surface area contributed by atoms with Crippen LogP contribution < -0.4 is 4.74 Å². The van der Waals surface area contributed by atoms with Gasteiger partial charge in [0.2, 0.25) is 46.0 Å². The number of aliphatic hydroxyl groups is 2. The molecule has 0 bridgehead atoms. The Hall–Kier alpha value is -15.4. The van der Waals surface area contributed by atoms with E-state index in [0.29, 0.717) is 36.4 Å². The topological polar surface area (TPSA) is 744 Å². The molecule has 0 aliphatic carbocycles. The number of hydrogen-bond acceptors (Lipinski definition) is 44. The van der Waals surface area contributed by atoms with Crippen molar-refractivity contribution in [3.8, 4) is 177 Å². The smallest absolute Gasteiger partial charge is 0.342 e. The third-order valence-electron chi connectivity index (χ3n) is 18.0. The van der Waals surface area contributed by atoms with Crippen LogP contribution in [0.2, 0.25) is 0 Å². The second-order valence-electron chi connectivity index (χ2n) is 24.6. The standard InChI is InChI=1S/C68H48O44/c69-20-1-12(2-21(70)38(20)77)59(92)109-55-53-29(10-102-60(93)13-3-22(71)39(78)46(85)31(13)33-15(62(95)107-53)5-24(73)41(80)48(33)87)105-67(100)57(55)112-66(99)19-9-28(45(84)52(91)37(19)76)104-27-8-18-36(51(90)44(27)83)35-17(7-26(75)43(82)50(35)89)64(97)110-56-54-30(106-68(101)58(56)111-65(18)98)11-103-61(94)14-4-23(72)40(79)47(86)32(14)34-16(63(96)108-54)6-25(74)42(81)49(34)88/h1-9,29-30,53-58,67-91,100-101H,10-11H2. The highest BCUT2D eigenvalue weighted by molar-refractivity contribution is 6.12. The summed E-state index contributed by atoms with van der Waals surface area (Å²) >= 11 is 0. The van der Waals surface area contributed by atoms with Gasteiger partial charge in [-0.05, 0) is 42.5 Å². The predicted molar refractivity (Wildman–Crippen MR) is 344 cm³/mol. The molecule has 13 rings (SSSR count). The van der Waals surface area contributed by atoms with E-state index in [0.717, 1.165) is 0 Å². The van der Waals surface area contributed by atoms with E-state index in [9.17, 15) is 161 Å². The van der Waals surface area contributed by atoms with Gasteiger partial charge in [-0.2, -0.15) is 0 Å². The first-order chi connectivity index (χ1) is 52.7. The lowest BCUT2D eigenvalue weighted by Crippen LogP contribution is -2.62. The fourth-order valence-corrected chi connectivity index (χ4v) is 12.6. The molecule has 0 radical (unpaired) electrons. The SMILES string of the molecule is O=C(OC1C(OC(=O)c2cc(Oc3cc4c(c(O)c3O)-c3c(cc(O)c(O)c3O)C(=O)OC3C(OC4=O)C(O)OC4COC(=O)c5cc(O)c(O)c(O)c5-c5c(cc(O)c(O)c5O)C(=O)OC43)c(O)c(O)c2O)C(O)OC2COC(=O)c3cc(O)c(O)c(O)c3-c3c(cc(O)c(O)c3O)C(=O)OC21)c1cc(O)c(O)c(O)c1. The van der Waals surface area contributed by atoms with Crippen molar-refractivity contribution in [2.45, 2.75) is 61.4 Å². The molecule has 584 valence electrons. The van der Waals surface area contributed by atoms with Crippen LogP contribution in [0.1, 0.15) is 82.9 Å². The molecule has 5 aliphatic rings. The van der Waals surface area contributed by atoms with E-state index < -0.39 is 344 Å². The summed E-state index contributed by atoms with van der Waals surface area (Å²) in [4.78, 5) is 116. The van der Waals surface area contributed by atoms with Gasteiger partial charge < -0.3 is 180 Å². The lowest BCUT2D eigenvalue weighted by atomic mass is 9.91. The summed E-state index contributed by atoms with van der Waals surface area (Å²) in [5, 5.41) is 275. The van der Waals surface area contributed by atoms with E-state index >= 15 is 4.79 Å². The number of hydrogen-bond donors (Lipinski definition) is 25. The van der Waals surface area contributed by atoms with Gasteiger partial charge in [-0.3, -0.25) is 0 Å². The van der Waals surface area contributed by atoms with E-state index in [4.69, 9.17) is 52.1 Å². The van der Waals surface area contributed by atoms with Crippen LogP contribution in [-0.2, 0) is 47.4 Å². The molecule has 2 saturated heterocycles. The number of benzene rings is 8. The number of aliphatic hydroxyl groups excluding tert-OH is 2. The minimum Gasteiger partial charge on any atom is -0.504 e. The van der Waals surface area contributed by atoms with E-state index in [1.165, 1.54) is 0 Å². The first-order valence-electron chi connectivity index (χ1n) is 31.2. The van der Waals surface area contributed by atoms with E-state index in [-0.39, 0.29) is 18.2 Å². The Morgan fingerprint density at radius 3 is 1.03 bits per heavy atom. The van der Waals surface area contributed by atoms with E-state index in [2.05, 4.69) is 0 Å². The molecule has 5 aliphatic heterocycles. The van der Waals surface area contributed by atoms with Crippen molar-refractivity contribution in [3.63, 3.8) is 0 Å². The number of cyclic esters (lactones) is 2. The number of fused-ring (bicyclic) bond motifs is 13. The quantitative estimate of drug-likeness (QED) is 0.0640. The molecule has 0 amide bonds. The molecule has 0 aromatic heterocycles. The Kier molecular flexibility index (Phi) is 18.1. The first-order valence-corrected chi connectivity index (χ1v) is 31.2. The largest absolute Gasteiger partial charge is 0.504 e. The van der Waals surface area contributed by atoms with Gasteiger partial charge in [-0.25, -0.2) is 38.4 Å². The third-order valence-corrected chi connectivity index (χ3v) is 18.0. The summed E-state index contributed by atoms with van der Waals surface area (Å²) < 4.78 is 60.9. The van der Waals surface area contributed by atoms with Crippen LogP contribution >= 0.6 is 0 Å². The zero-order chi connectivity index (χ0) is 81.5. The maximum Gasteiger partial charge on any atom is 0.342 e. The maximum atomic E-state index is 15.0. The van der Waals surface area contributed by atoms with Crippen LogP contribution in [0.15, 0.2) is 54.6 Å². The van der Waals surface area contributed by atoms with Gasteiger partial charge in [0.25, 0.3) is 0 Å². The molecule has 44 heteroatoms. The van der Waals surface area contributed by atoms with Crippen molar-refractivity contribution < 1.29 is 218 Å². The van der Waals surface area contributed by atoms with Crippen molar-refractivity contribution >= 4 is 47.8 Å². The molecule has 8 aromatic carbocycles. The Labute approximate surface area is 614 Å². The minimum absolute atomic E-state index is 0.184. The average Bonchev–Trinajstić information content (AvgIpc) is 0.977. The molecule has 10 atom stereocenters. The Bertz CT molecular complexity index is 5480. The number of carbonyl (C=O) groups is 8. The number of rotatable bonds is 6. The third kappa shape index (κ3) is 12.0. The van der Waals surface area contributed by atoms with Gasteiger partial charge >= 0.3 is 47.8 Å². The lowest BCUT2D eigenvalue weighted by Gasteiger charge is -2.43. The number of ether oxygens (including phenoxy) is 11. The second kappa shape index (κ2) is 27.1. The van der Waals surface area contributed by atoms with Crippen molar-refractivity contribution in [1.29, 1.82) is 0 Å². The van der Waals surface area contributed by atoms with Crippen molar-refractivity contribution in [2.75, 3.05) is 13.2 Å². The summed E-state index contributed by atoms with van der Waals surface area (Å²) in [6, 6.07) is 3.14. The Morgan fingerprint density at radius 2 is 0.607 bits per heavy atom. The zero-order valence-electron chi connectivity index (χ0n) is 54.8. The summed E-state index contributed by atoms with van der Waals surface area (Å²) in [5.74, 6) is -52.0. The average molecular weight is 1570 g/mol. The van der Waals surface area contributed by atoms with Gasteiger partial charge in [0, 0.05) is 45.5 Å². The van der Waals surface area contributed by atoms with E-state index in [1.807, 2.05) is 0 Å². The summed E-state index contributed by atoms with van der Waals surface area (Å²) in [5.41, 5.74) is -16.8. The maximum absolute atomic E-state index is 15.0. The fraction of sp³-hybridized carbons (Fsp3) is 0.176. The van der Waals surface area contributed by atoms with Gasteiger partial charge in [-0.15, -0.1) is 0 Å². The van der Waals surface area contributed by atoms with Crippen LogP contribution in [0.3, 0.4) is 0 Å². The highest BCUT2D eigenvalue weighted by Gasteiger charge is 2.56. The molecule has 8 aromatic rings. The number of phenolic OH excluding ortho intramolecular Hbond substituents is 23. The van der Waals surface area contributed by atoms with Gasteiger partial charge in [0.05, 0.1) is 38.9 Å². The van der Waals surface area contributed by atoms with E-state index in [1.54, 1.807) is 0 Å². The van der Waals surface area contributed by atoms with Crippen LogP contribution in [0.5, 0.6) is 144 Å². The summed E-state index contributed by atoms with van der Waals surface area (Å²) in [6.07, 6.45) is -25.9. The molecule has 44 nitrogen and oxygen atoms in total. The molecule has 5 heterocycles. The molecule has 10 unspecified atom stereocenters. The fourth-order valence-electron chi connectivity index (χ4n) is 12.6. The van der Waals surface area contributed by atoms with Gasteiger partial charge in [-0.1, -0.05) is 0 Å². The molecule has 2 fully saturated rings. The minimum atomic E-state index is -2.84. The zero-order valence-corrected chi connectivity index (χ0v) is 54.8. The predicted octanol–water partition coefficient (Wildman–Crippen LogP) is 1.75. The monoisotopic (exact) mass is 1570 g/mol. The first kappa shape index (κ1) is 74.8. The molecule has 0 spiro atoms. The summed E-state index contributed by atoms with van der Waals surface area (Å²) in [7, 11) is 0. The van der Waals surface area contributed by atoms with Crippen LogP contribution in [-0.4, -0.2) is 250 Å². The molecular weight excluding hydrogens is 1520 g/mol. The number of carbonyl (C=O) groups excluding carboxylic acids is 8. The number of aromatic hydroxyl groups is 23. The lowest BCUT2D eigenvalue weighted by molar-refractivity contribution is -0.284. The molecular formula is C68H48O44. The van der Waals surface area contributed by atoms with Crippen molar-refractivity contribution in [1.82, 2.24) is 0 Å². The van der Waals surface area contributed by atoms with Crippen LogP contribution in [0, 0.1) is 0 Å². The second-order valence-corrected chi connectivity index (χ2v) is 24.6. The summed E-state index contributed by atoms with van der Waals surface area (Å²) in [6.45, 7) is -2.65. The number of phenols is 23.